The third-order valence-electron chi connectivity index (χ3n) is 13.0. The predicted molar refractivity (Wildman–Crippen MR) is 288 cm³/mol. The Labute approximate surface area is 483 Å². The maximum absolute atomic E-state index is 11.7. The van der Waals surface area contributed by atoms with Crippen molar-refractivity contribution >= 4 is 76.1 Å². The Morgan fingerprint density at radius 3 is 1.22 bits per heavy atom. The maximum atomic E-state index is 11.7. The Kier molecular flexibility index (Phi) is 20.6. The first-order chi connectivity index (χ1) is 37.5. The Bertz CT molecular complexity index is 3030. The van der Waals surface area contributed by atoms with Gasteiger partial charge in [0.05, 0.1) is 104 Å². The minimum atomic E-state index is -1.72. The molecule has 78 heavy (non-hydrogen) atoms. The molecule has 4 saturated heterocycles. The van der Waals surface area contributed by atoms with Gasteiger partial charge in [0.1, 0.15) is 24.4 Å². The molecule has 0 bridgehead atoms. The van der Waals surface area contributed by atoms with Gasteiger partial charge >= 0.3 is 40.9 Å². The average Bonchev–Trinajstić information content (AvgIpc) is 4.01. The van der Waals surface area contributed by atoms with E-state index in [9.17, 15) is 19.5 Å². The van der Waals surface area contributed by atoms with E-state index in [0.717, 1.165) is 57.1 Å². The number of aliphatic hydroxyl groups excluding tert-OH is 3. The van der Waals surface area contributed by atoms with Crippen molar-refractivity contribution in [3.63, 3.8) is 0 Å². The molecule has 7 aliphatic heterocycles. The fourth-order valence-corrected chi connectivity index (χ4v) is 10.7. The number of hydrogen-bond acceptors (Lipinski definition) is 17. The van der Waals surface area contributed by atoms with Gasteiger partial charge in [-0.15, -0.1) is 0 Å². The zero-order valence-electron chi connectivity index (χ0n) is 41.3. The number of hydrogen-bond donors (Lipinski definition) is 3. The van der Waals surface area contributed by atoms with Crippen LogP contribution in [-0.2, 0) is 43.2 Å². The van der Waals surface area contributed by atoms with Gasteiger partial charge < -0.3 is 69.5 Å². The van der Waals surface area contributed by atoms with Crippen LogP contribution in [0.5, 0.6) is 34.5 Å². The summed E-state index contributed by atoms with van der Waals surface area (Å²) in [7, 11) is 7.36. The topological polar surface area (TPSA) is 286 Å². The molecule has 0 aromatic heterocycles. The van der Waals surface area contributed by atoms with Crippen molar-refractivity contribution in [3.05, 3.63) is 172 Å². The van der Waals surface area contributed by atoms with E-state index < -0.39 is 44.9 Å². The van der Waals surface area contributed by atoms with Gasteiger partial charge in [-0.25, -0.2) is 4.21 Å². The van der Waals surface area contributed by atoms with Gasteiger partial charge in [0.15, 0.2) is 34.5 Å². The molecule has 7 heterocycles. The summed E-state index contributed by atoms with van der Waals surface area (Å²) in [4.78, 5) is 10.5. The number of benzene rings is 6. The van der Waals surface area contributed by atoms with E-state index in [0.29, 0.717) is 37.9 Å². The summed E-state index contributed by atoms with van der Waals surface area (Å²) in [6.45, 7) is 1.91. The molecule has 3 N–H and O–H groups in total. The molecule has 7 aliphatic rings. The quantitative estimate of drug-likeness (QED) is 0.0525. The number of halogens is 2. The summed E-state index contributed by atoms with van der Waals surface area (Å²) in [5.74, 6) is 4.45. The Morgan fingerprint density at radius 1 is 0.513 bits per heavy atom. The van der Waals surface area contributed by atoms with Gasteiger partial charge in [-0.3, -0.25) is 13.3 Å². The van der Waals surface area contributed by atoms with E-state index in [1.807, 2.05) is 155 Å². The second-order valence-corrected chi connectivity index (χ2v) is 20.8. The molecule has 0 radical (unpaired) electrons. The van der Waals surface area contributed by atoms with E-state index in [2.05, 4.69) is 36.3 Å². The van der Waals surface area contributed by atoms with E-state index in [1.165, 1.54) is 4.91 Å². The fourth-order valence-electron chi connectivity index (χ4n) is 9.81. The molecule has 27 heteroatoms. The van der Waals surface area contributed by atoms with E-state index in [4.69, 9.17) is 57.6 Å². The van der Waals surface area contributed by atoms with Gasteiger partial charge in [0, 0.05) is 26.3 Å². The SMILES string of the molecule is O=S(Cl)Cl.O=S1O[C@H]2[C@H](N3c4ccccc4Oc4ccccc43)COC[C@H]2O1.O[C@@H]1[C@H](O)COC[C@H]1N1c2ccccc2Oc2ccccc21.[N-]=[N+]=N[C@H]1COC[C@@H](N2c3ccccc3Oc3ccccc32)[C@@H]1O.[N-]=[N+]=[N-].[Na+]. The number of anilines is 6. The van der Waals surface area contributed by atoms with Gasteiger partial charge in [0.25, 0.3) is 0 Å². The van der Waals surface area contributed by atoms with Crippen molar-refractivity contribution in [2.45, 2.75) is 54.7 Å². The molecule has 6 aromatic carbocycles. The molecule has 1 unspecified atom stereocenters. The first kappa shape index (κ1) is 58.4. The van der Waals surface area contributed by atoms with E-state index >= 15 is 0 Å². The standard InChI is InChI=1S/C17H16N4O3.C17H15NO5S.C17H17NO4.Cl2OS.N3.Na/c18-20-19-11-9-23-10-14(17(11)22)21-12-5-1-3-7-15(12)24-16-8-4-2-6-13(16)21;19-24-22-16-10-20-9-13(17(16)23-24)18-11-5-1-3-7-14(11)21-15-8-4-2-6-12(15)18;19-14-10-21-9-13(17(14)20)18-11-5-1-3-7-15(11)22-16-8-4-2-6-12(16)18;1-4(2)3;1-3-2;/h1-8,11,14,17,22H,9-10H2;1-8,13,16-17H,9-10H2;1-8,13-14,17,19-20H,9-10H2;;;/q;;;;-1;+1/t11-,14+,17+;13-,16-,17+,24?;13-,14-,17+;;;/m011.../s1. The summed E-state index contributed by atoms with van der Waals surface area (Å²) in [5, 5.41) is 34.8. The number of fused-ring (bicyclic) bond motifs is 7. The molecule has 0 aliphatic carbocycles. The third kappa shape index (κ3) is 13.0. The number of nitrogens with zero attached hydrogens (tertiary/aromatic N) is 9. The van der Waals surface area contributed by atoms with Crippen molar-refractivity contribution in [1.29, 1.82) is 0 Å². The molecular formula is C51H48Cl2N9NaO13S2. The third-order valence-corrected chi connectivity index (χ3v) is 13.8. The Balaban J connectivity index is 0.000000145. The number of ether oxygens (including phenoxy) is 6. The van der Waals surface area contributed by atoms with Crippen LogP contribution in [0.15, 0.2) is 151 Å². The van der Waals surface area contributed by atoms with Crippen molar-refractivity contribution < 1.29 is 90.1 Å². The summed E-state index contributed by atoms with van der Waals surface area (Å²) >= 11 is -1.72. The van der Waals surface area contributed by atoms with Crippen LogP contribution in [0.2, 0.25) is 0 Å². The first-order valence-electron chi connectivity index (χ1n) is 23.8. The number of azide groups is 1. The largest absolute Gasteiger partial charge is 1.00 e. The number of rotatable bonds is 4. The smallest absolute Gasteiger partial charge is 0.453 e. The minimum absolute atomic E-state index is 0. The average molecular weight is 1150 g/mol. The summed E-state index contributed by atoms with van der Waals surface area (Å²) in [5.41, 5.74) is 27.5. The molecule has 4 fully saturated rings. The van der Waals surface area contributed by atoms with Gasteiger partial charge in [0.2, 0.25) is 9.23 Å². The summed E-state index contributed by atoms with van der Waals surface area (Å²) < 4.78 is 66.3. The van der Waals surface area contributed by atoms with E-state index in [-0.39, 0.29) is 73.1 Å². The molecule has 0 saturated carbocycles. The van der Waals surface area contributed by atoms with Crippen LogP contribution < -0.4 is 58.5 Å². The van der Waals surface area contributed by atoms with Crippen LogP contribution in [0.1, 0.15) is 0 Å². The van der Waals surface area contributed by atoms with Crippen molar-refractivity contribution in [2.75, 3.05) is 54.3 Å². The fraction of sp³-hybridized carbons (Fsp3) is 0.294. The molecule has 402 valence electrons. The Hall–Kier alpha value is -5.70. The van der Waals surface area contributed by atoms with Crippen LogP contribution >= 0.6 is 21.4 Å². The molecular weight excluding hydrogens is 1100 g/mol. The molecule has 13 rings (SSSR count). The minimum Gasteiger partial charge on any atom is -0.453 e. The zero-order valence-corrected chi connectivity index (χ0v) is 46.5. The van der Waals surface area contributed by atoms with Crippen molar-refractivity contribution in [2.24, 2.45) is 5.11 Å². The van der Waals surface area contributed by atoms with Crippen LogP contribution in [0.25, 0.3) is 26.4 Å². The van der Waals surface area contributed by atoms with Crippen LogP contribution in [-0.4, -0.2) is 118 Å². The van der Waals surface area contributed by atoms with Gasteiger partial charge in [-0.1, -0.05) is 77.9 Å². The molecule has 22 nitrogen and oxygen atoms in total. The van der Waals surface area contributed by atoms with Gasteiger partial charge in [-0.2, -0.15) is 4.21 Å². The second kappa shape index (κ2) is 27.4. The van der Waals surface area contributed by atoms with Crippen molar-refractivity contribution in [3.8, 4) is 34.5 Å². The normalized spacial score (nSPS) is 25.3. The molecule has 0 spiro atoms. The van der Waals surface area contributed by atoms with Crippen LogP contribution in [0.4, 0.5) is 34.1 Å². The van der Waals surface area contributed by atoms with Crippen molar-refractivity contribution in [1.82, 2.24) is 0 Å². The Morgan fingerprint density at radius 2 is 0.833 bits per heavy atom. The molecule has 0 amide bonds. The second-order valence-electron chi connectivity index (χ2n) is 17.5. The molecule has 6 aromatic rings. The monoisotopic (exact) mass is 1150 g/mol. The summed E-state index contributed by atoms with van der Waals surface area (Å²) in [6.07, 6.45) is -3.26. The number of para-hydroxylation sites is 12. The maximum Gasteiger partial charge on any atom is 1.00 e. The van der Waals surface area contributed by atoms with Gasteiger partial charge in [-0.05, 0) is 78.3 Å². The molecule has 10 atom stereocenters. The summed E-state index contributed by atoms with van der Waals surface area (Å²) in [6, 6.07) is 44.8. The van der Waals surface area contributed by atoms with E-state index in [1.54, 1.807) is 0 Å². The first-order valence-corrected chi connectivity index (χ1v) is 27.6. The van der Waals surface area contributed by atoms with Crippen LogP contribution in [0, 0.1) is 0 Å². The van der Waals surface area contributed by atoms with Crippen LogP contribution in [0.3, 0.4) is 0 Å². The number of aliphatic hydroxyl groups is 3. The predicted octanol–water partition coefficient (Wildman–Crippen LogP) is 7.02. The zero-order chi connectivity index (χ0) is 54.0.